The van der Waals surface area contributed by atoms with Crippen molar-refractivity contribution in [1.82, 2.24) is 24.9 Å². The molecule has 12 nitrogen and oxygen atoms in total. The molecule has 3 aliphatic rings. The van der Waals surface area contributed by atoms with Gasteiger partial charge in [-0.1, -0.05) is 6.07 Å². The van der Waals surface area contributed by atoms with Crippen molar-refractivity contribution in [2.45, 2.75) is 38.4 Å². The van der Waals surface area contributed by atoms with Crippen LogP contribution in [-0.4, -0.2) is 103 Å². The van der Waals surface area contributed by atoms with Crippen LogP contribution in [0, 0.1) is 5.82 Å². The summed E-state index contributed by atoms with van der Waals surface area (Å²) < 4.78 is 13.9. The maximum atomic E-state index is 13.9. The Kier molecular flexibility index (Phi) is 5.80. The molecule has 4 heterocycles. The molecule has 13 heteroatoms. The number of phenolic OH excluding ortho intramolecular Hbond substituents is 1. The minimum absolute atomic E-state index is 0.0974. The van der Waals surface area contributed by atoms with Gasteiger partial charge in [0.1, 0.15) is 5.54 Å². The molecule has 0 radical (unpaired) electrons. The van der Waals surface area contributed by atoms with E-state index in [0.717, 1.165) is 6.07 Å². The molecule has 0 saturated carbocycles. The Balaban J connectivity index is 1.40. The van der Waals surface area contributed by atoms with Gasteiger partial charge >= 0.3 is 12.1 Å². The lowest BCUT2D eigenvalue weighted by Gasteiger charge is -2.52. The Morgan fingerprint density at radius 3 is 2.57 bits per heavy atom. The fraction of sp³-hybridized carbons (Fsp3) is 0.458. The van der Waals surface area contributed by atoms with Gasteiger partial charge in [0.25, 0.3) is 5.91 Å². The van der Waals surface area contributed by atoms with Crippen molar-refractivity contribution in [2.75, 3.05) is 42.9 Å². The van der Waals surface area contributed by atoms with Gasteiger partial charge in [-0.25, -0.2) is 14.0 Å². The molecule has 2 aromatic rings. The van der Waals surface area contributed by atoms with Gasteiger partial charge in [0.15, 0.2) is 17.4 Å². The topological polar surface area (TPSA) is 142 Å². The lowest BCUT2D eigenvalue weighted by molar-refractivity contribution is -0.122. The van der Waals surface area contributed by atoms with Crippen molar-refractivity contribution in [1.29, 1.82) is 0 Å². The number of amides is 4. The van der Waals surface area contributed by atoms with Gasteiger partial charge in [-0.15, -0.1) is 10.2 Å². The zero-order valence-electron chi connectivity index (χ0n) is 20.7. The van der Waals surface area contributed by atoms with Gasteiger partial charge in [-0.2, -0.15) is 0 Å². The van der Waals surface area contributed by atoms with Crippen LogP contribution in [-0.2, 0) is 4.79 Å². The molecule has 3 N–H and O–H groups in total. The number of phenols is 1. The Morgan fingerprint density at radius 1 is 1.14 bits per heavy atom. The molecule has 2 saturated heterocycles. The van der Waals surface area contributed by atoms with Gasteiger partial charge in [0, 0.05) is 43.8 Å². The van der Waals surface area contributed by atoms with E-state index in [0.29, 0.717) is 18.8 Å². The third-order valence-electron chi connectivity index (χ3n) is 7.48. The van der Waals surface area contributed by atoms with Crippen molar-refractivity contribution in [3.05, 3.63) is 30.1 Å². The van der Waals surface area contributed by atoms with Gasteiger partial charge < -0.3 is 35.1 Å². The molecule has 5 rings (SSSR count). The molecule has 3 atom stereocenters. The third kappa shape index (κ3) is 3.94. The molecule has 196 valence electrons. The number of nitrogens with one attached hydrogen (secondary N) is 1. The highest BCUT2D eigenvalue weighted by molar-refractivity contribution is 6.06. The first-order valence-electron chi connectivity index (χ1n) is 12.0. The Morgan fingerprint density at radius 2 is 1.84 bits per heavy atom. The molecule has 0 bridgehead atoms. The number of aromatic hydroxyl groups is 1. The normalized spacial score (nSPS) is 25.4. The van der Waals surface area contributed by atoms with Crippen LogP contribution in [0.25, 0.3) is 11.3 Å². The zero-order chi connectivity index (χ0) is 26.6. The second kappa shape index (κ2) is 8.75. The van der Waals surface area contributed by atoms with Crippen LogP contribution in [0.3, 0.4) is 0 Å². The summed E-state index contributed by atoms with van der Waals surface area (Å²) in [5.74, 6) is -1.42. The summed E-state index contributed by atoms with van der Waals surface area (Å²) in [5.41, 5.74) is -0.152. The van der Waals surface area contributed by atoms with Crippen LogP contribution < -0.4 is 10.2 Å². The van der Waals surface area contributed by atoms with E-state index in [-0.39, 0.29) is 60.7 Å². The smallest absolute Gasteiger partial charge is 0.407 e. The van der Waals surface area contributed by atoms with Crippen LogP contribution in [0.4, 0.5) is 25.5 Å². The minimum Gasteiger partial charge on any atom is -0.504 e. The second-order valence-electron chi connectivity index (χ2n) is 9.97. The Bertz CT molecular complexity index is 1290. The van der Waals surface area contributed by atoms with Crippen molar-refractivity contribution >= 4 is 29.5 Å². The van der Waals surface area contributed by atoms with E-state index in [2.05, 4.69) is 15.5 Å². The summed E-state index contributed by atoms with van der Waals surface area (Å²) in [6, 6.07) is 4.85. The molecular weight excluding hydrogens is 485 g/mol. The van der Waals surface area contributed by atoms with Crippen LogP contribution in [0.1, 0.15) is 20.8 Å². The number of piperazine rings is 2. The number of para-hydroxylation sites is 1. The average molecular weight is 514 g/mol. The monoisotopic (exact) mass is 513 g/mol. The lowest BCUT2D eigenvalue weighted by Crippen LogP contribution is -2.71. The number of benzene rings is 1. The van der Waals surface area contributed by atoms with E-state index in [1.54, 1.807) is 29.7 Å². The van der Waals surface area contributed by atoms with E-state index in [1.165, 1.54) is 17.0 Å². The quantitative estimate of drug-likeness (QED) is 0.526. The van der Waals surface area contributed by atoms with Crippen molar-refractivity contribution < 1.29 is 29.0 Å². The van der Waals surface area contributed by atoms with Crippen LogP contribution in [0.15, 0.2) is 24.3 Å². The number of halogens is 1. The summed E-state index contributed by atoms with van der Waals surface area (Å²) in [6.07, 6.45) is -1.01. The SMILES string of the molecule is CC1CN(C(=O)N2CCN3c4cc(-c5cccc(F)c5O)nnc4NC(=O)C3(C)C2)C(C)CN1C(=O)O. The molecule has 0 spiro atoms. The van der Waals surface area contributed by atoms with E-state index >= 15 is 0 Å². The fourth-order valence-corrected chi connectivity index (χ4v) is 5.36. The number of hydrogen-bond acceptors (Lipinski definition) is 7. The van der Waals surface area contributed by atoms with Crippen molar-refractivity contribution in [3.63, 3.8) is 0 Å². The highest BCUT2D eigenvalue weighted by Gasteiger charge is 2.50. The largest absolute Gasteiger partial charge is 0.504 e. The third-order valence-corrected chi connectivity index (χ3v) is 7.48. The minimum atomic E-state index is -1.12. The second-order valence-corrected chi connectivity index (χ2v) is 9.97. The molecule has 3 aliphatic heterocycles. The first-order valence-corrected chi connectivity index (χ1v) is 12.0. The van der Waals surface area contributed by atoms with E-state index in [1.807, 2.05) is 11.8 Å². The summed E-state index contributed by atoms with van der Waals surface area (Å²) in [6.45, 7) is 6.52. The number of carboxylic acid groups (broad SMARTS) is 1. The van der Waals surface area contributed by atoms with Crippen LogP contribution >= 0.6 is 0 Å². The summed E-state index contributed by atoms with van der Waals surface area (Å²) in [5, 5.41) is 30.5. The van der Waals surface area contributed by atoms with Crippen molar-refractivity contribution in [2.24, 2.45) is 0 Å². The first kappa shape index (κ1) is 24.5. The summed E-state index contributed by atoms with van der Waals surface area (Å²) >= 11 is 0. The van der Waals surface area contributed by atoms with E-state index in [4.69, 9.17) is 0 Å². The highest BCUT2D eigenvalue weighted by Crippen LogP contribution is 2.40. The number of urea groups is 1. The Hall–Kier alpha value is -4.16. The van der Waals surface area contributed by atoms with Gasteiger partial charge in [-0.3, -0.25) is 4.79 Å². The Labute approximate surface area is 212 Å². The standard InChI is InChI=1S/C24H28FN7O5/c1-13-11-31(23(36)37)14(2)10-30(13)22(35)29-7-8-32-18-9-17(15-5-4-6-16(25)19(15)33)27-28-20(18)26-21(34)24(32,3)12-29/h4-6,9,13-14,33H,7-8,10-12H2,1-3H3,(H,36,37)(H,26,28,34). The van der Waals surface area contributed by atoms with Crippen molar-refractivity contribution in [3.8, 4) is 17.0 Å². The number of fused-ring (bicyclic) bond motifs is 3. The maximum Gasteiger partial charge on any atom is 0.407 e. The maximum absolute atomic E-state index is 13.9. The number of carbonyl (C=O) groups is 3. The van der Waals surface area contributed by atoms with Gasteiger partial charge in [0.05, 0.1) is 17.9 Å². The molecule has 1 aromatic carbocycles. The number of rotatable bonds is 1. The molecular formula is C24H28FN7O5. The van der Waals surface area contributed by atoms with E-state index in [9.17, 15) is 29.0 Å². The molecule has 37 heavy (non-hydrogen) atoms. The molecule has 3 unspecified atom stereocenters. The van der Waals surface area contributed by atoms with Crippen LogP contribution in [0.5, 0.6) is 5.75 Å². The highest BCUT2D eigenvalue weighted by atomic mass is 19.1. The molecule has 0 aliphatic carbocycles. The predicted octanol–water partition coefficient (Wildman–Crippen LogP) is 2.01. The molecule has 1 aromatic heterocycles. The van der Waals surface area contributed by atoms with Crippen LogP contribution in [0.2, 0.25) is 0 Å². The van der Waals surface area contributed by atoms with E-state index < -0.39 is 23.2 Å². The number of hydrogen-bond donors (Lipinski definition) is 3. The zero-order valence-corrected chi connectivity index (χ0v) is 20.7. The summed E-state index contributed by atoms with van der Waals surface area (Å²) in [7, 11) is 0. The predicted molar refractivity (Wildman–Crippen MR) is 131 cm³/mol. The molecule has 4 amide bonds. The first-order chi connectivity index (χ1) is 17.5. The van der Waals surface area contributed by atoms with Gasteiger partial charge in [0.2, 0.25) is 0 Å². The number of aromatic nitrogens is 2. The van der Waals surface area contributed by atoms with Gasteiger partial charge in [-0.05, 0) is 39.0 Å². The lowest BCUT2D eigenvalue weighted by atomic mass is 9.91. The summed E-state index contributed by atoms with van der Waals surface area (Å²) in [4.78, 5) is 44.7. The average Bonchev–Trinajstić information content (AvgIpc) is 2.86. The fourth-order valence-electron chi connectivity index (χ4n) is 5.36. The number of anilines is 2. The molecule has 2 fully saturated rings. The number of carbonyl (C=O) groups excluding carboxylic acids is 2. The number of nitrogens with zero attached hydrogens (tertiary/aromatic N) is 6.